The van der Waals surface area contributed by atoms with Crippen LogP contribution in [0.25, 0.3) is 0 Å². The van der Waals surface area contributed by atoms with Crippen LogP contribution in [0.15, 0.2) is 48.5 Å². The minimum Gasteiger partial charge on any atom is -0.497 e. The van der Waals surface area contributed by atoms with E-state index < -0.39 is 6.04 Å². The first-order valence-corrected chi connectivity index (χ1v) is 12.1. The van der Waals surface area contributed by atoms with E-state index in [0.717, 1.165) is 25.9 Å². The van der Waals surface area contributed by atoms with Crippen molar-refractivity contribution >= 4 is 11.8 Å². The lowest BCUT2D eigenvalue weighted by atomic mass is 9.95. The van der Waals surface area contributed by atoms with Crippen LogP contribution < -0.4 is 20.1 Å². The van der Waals surface area contributed by atoms with Crippen molar-refractivity contribution in [3.63, 3.8) is 0 Å². The molecule has 1 saturated heterocycles. The predicted octanol–water partition coefficient (Wildman–Crippen LogP) is 3.80. The number of piperidine rings is 1. The van der Waals surface area contributed by atoms with Crippen molar-refractivity contribution in [1.29, 1.82) is 0 Å². The number of hydrogen-bond donors (Lipinski definition) is 2. The molecule has 1 aliphatic rings. The van der Waals surface area contributed by atoms with E-state index in [1.807, 2.05) is 31.2 Å². The summed E-state index contributed by atoms with van der Waals surface area (Å²) in [5, 5.41) is 6.01. The fourth-order valence-electron chi connectivity index (χ4n) is 4.27. The second-order valence-electron chi connectivity index (χ2n) is 8.92. The maximum Gasteiger partial charge on any atom is 0.252 e. The number of benzene rings is 2. The van der Waals surface area contributed by atoms with Crippen LogP contribution in [-0.2, 0) is 4.79 Å². The summed E-state index contributed by atoms with van der Waals surface area (Å²) in [6.45, 7) is 9.47. The maximum atomic E-state index is 13.4. The third-order valence-electron chi connectivity index (χ3n) is 6.36. The van der Waals surface area contributed by atoms with E-state index in [9.17, 15) is 9.59 Å². The molecule has 1 unspecified atom stereocenters. The molecule has 1 atom stereocenters. The summed E-state index contributed by atoms with van der Waals surface area (Å²) in [6, 6.07) is 13.8. The second kappa shape index (κ2) is 12.4. The van der Waals surface area contributed by atoms with E-state index in [0.29, 0.717) is 47.7 Å². The van der Waals surface area contributed by atoms with Crippen LogP contribution in [0.1, 0.15) is 55.6 Å². The van der Waals surface area contributed by atoms with Crippen LogP contribution in [0.2, 0.25) is 0 Å². The number of amides is 2. The quantitative estimate of drug-likeness (QED) is 0.556. The molecule has 2 aromatic rings. The van der Waals surface area contributed by atoms with Gasteiger partial charge in [0.25, 0.3) is 5.91 Å². The van der Waals surface area contributed by atoms with Gasteiger partial charge < -0.3 is 25.0 Å². The molecule has 2 aromatic carbocycles. The smallest absolute Gasteiger partial charge is 0.252 e. The van der Waals surface area contributed by atoms with Crippen LogP contribution in [0, 0.1) is 5.92 Å². The first-order valence-electron chi connectivity index (χ1n) is 12.1. The minimum atomic E-state index is -0.867. The largest absolute Gasteiger partial charge is 0.497 e. The summed E-state index contributed by atoms with van der Waals surface area (Å²) in [5.41, 5.74) is 1.09. The number of hydrogen-bond acceptors (Lipinski definition) is 5. The molecule has 0 bridgehead atoms. The van der Waals surface area contributed by atoms with Crippen molar-refractivity contribution in [1.82, 2.24) is 15.5 Å². The van der Waals surface area contributed by atoms with E-state index in [4.69, 9.17) is 9.47 Å². The van der Waals surface area contributed by atoms with Crippen molar-refractivity contribution in [2.75, 3.05) is 33.4 Å². The van der Waals surface area contributed by atoms with Gasteiger partial charge in [-0.05, 0) is 83.0 Å². The summed E-state index contributed by atoms with van der Waals surface area (Å²) in [7, 11) is 1.58. The van der Waals surface area contributed by atoms with Crippen LogP contribution >= 0.6 is 0 Å². The summed E-state index contributed by atoms with van der Waals surface area (Å²) in [6.07, 6.45) is 2.10. The molecule has 7 heteroatoms. The summed E-state index contributed by atoms with van der Waals surface area (Å²) in [4.78, 5) is 28.9. The van der Waals surface area contributed by atoms with Gasteiger partial charge in [0.15, 0.2) is 0 Å². The first-order chi connectivity index (χ1) is 16.4. The monoisotopic (exact) mass is 467 g/mol. The van der Waals surface area contributed by atoms with E-state index in [2.05, 4.69) is 29.4 Å². The van der Waals surface area contributed by atoms with Gasteiger partial charge in [-0.25, -0.2) is 0 Å². The number of para-hydroxylation sites is 1. The second-order valence-corrected chi connectivity index (χ2v) is 8.92. The molecular formula is C27H37N3O4. The van der Waals surface area contributed by atoms with Gasteiger partial charge in [-0.2, -0.15) is 0 Å². The highest BCUT2D eigenvalue weighted by molar-refractivity contribution is 5.98. The molecular weight excluding hydrogens is 430 g/mol. The van der Waals surface area contributed by atoms with Gasteiger partial charge in [0, 0.05) is 23.7 Å². The number of methoxy groups -OCH3 is 1. The zero-order valence-electron chi connectivity index (χ0n) is 20.7. The molecule has 0 spiro atoms. The highest BCUT2D eigenvalue weighted by Gasteiger charge is 2.28. The van der Waals surface area contributed by atoms with Crippen LogP contribution in [0.3, 0.4) is 0 Å². The maximum absolute atomic E-state index is 13.4. The van der Waals surface area contributed by atoms with Gasteiger partial charge in [0.2, 0.25) is 5.91 Å². The normalized spacial score (nSPS) is 15.6. The number of nitrogens with one attached hydrogen (secondary N) is 2. The lowest BCUT2D eigenvalue weighted by Gasteiger charge is -2.34. The van der Waals surface area contributed by atoms with E-state index >= 15 is 0 Å². The predicted molar refractivity (Wildman–Crippen MR) is 133 cm³/mol. The number of carbonyl (C=O) groups is 2. The third kappa shape index (κ3) is 6.73. The SMILES string of the molecule is CCOc1ccccc1C(NC(=O)c1ccc(OC)cc1)C(=O)NCC1CCN(C(C)C)CC1. The topological polar surface area (TPSA) is 79.9 Å². The molecule has 7 nitrogen and oxygen atoms in total. The van der Waals surface area contributed by atoms with Gasteiger partial charge in [-0.15, -0.1) is 0 Å². The Balaban J connectivity index is 1.73. The van der Waals surface area contributed by atoms with Crippen molar-refractivity contribution in [3.8, 4) is 11.5 Å². The molecule has 1 fully saturated rings. The van der Waals surface area contributed by atoms with Gasteiger partial charge in [0.05, 0.1) is 13.7 Å². The van der Waals surface area contributed by atoms with Gasteiger partial charge >= 0.3 is 0 Å². The average Bonchev–Trinajstić information content (AvgIpc) is 2.86. The zero-order chi connectivity index (χ0) is 24.5. The molecule has 2 N–H and O–H groups in total. The van der Waals surface area contributed by atoms with Gasteiger partial charge in [0.1, 0.15) is 17.5 Å². The Bertz CT molecular complexity index is 937. The lowest BCUT2D eigenvalue weighted by molar-refractivity contribution is -0.123. The fourth-order valence-corrected chi connectivity index (χ4v) is 4.27. The molecule has 0 radical (unpaired) electrons. The minimum absolute atomic E-state index is 0.236. The summed E-state index contributed by atoms with van der Waals surface area (Å²) < 4.78 is 10.9. The third-order valence-corrected chi connectivity index (χ3v) is 6.36. The molecule has 184 valence electrons. The van der Waals surface area contributed by atoms with Gasteiger partial charge in [-0.3, -0.25) is 9.59 Å². The van der Waals surface area contributed by atoms with Crippen molar-refractivity contribution < 1.29 is 19.1 Å². The average molecular weight is 468 g/mol. The van der Waals surface area contributed by atoms with E-state index in [1.165, 1.54) is 0 Å². The zero-order valence-corrected chi connectivity index (χ0v) is 20.7. The Labute approximate surface area is 202 Å². The standard InChI is InChI=1S/C27H37N3O4/c1-5-34-24-9-7-6-8-23(24)25(29-26(31)21-10-12-22(33-4)13-11-21)27(32)28-18-20-14-16-30(17-15-20)19(2)3/h6-13,19-20,25H,5,14-18H2,1-4H3,(H,28,32)(H,29,31). The highest BCUT2D eigenvalue weighted by atomic mass is 16.5. The number of carbonyl (C=O) groups excluding carboxylic acids is 2. The number of nitrogens with zero attached hydrogens (tertiary/aromatic N) is 1. The fraction of sp³-hybridized carbons (Fsp3) is 0.481. The number of rotatable bonds is 10. The highest BCUT2D eigenvalue weighted by Crippen LogP contribution is 2.26. The van der Waals surface area contributed by atoms with Crippen LogP contribution in [0.4, 0.5) is 0 Å². The Hall–Kier alpha value is -3.06. The van der Waals surface area contributed by atoms with E-state index in [1.54, 1.807) is 31.4 Å². The molecule has 0 saturated carbocycles. The van der Waals surface area contributed by atoms with E-state index in [-0.39, 0.29) is 11.8 Å². The van der Waals surface area contributed by atoms with Crippen molar-refractivity contribution in [2.24, 2.45) is 5.92 Å². The molecule has 0 aromatic heterocycles. The lowest BCUT2D eigenvalue weighted by Crippen LogP contribution is -2.44. The molecule has 3 rings (SSSR count). The first kappa shape index (κ1) is 25.6. The van der Waals surface area contributed by atoms with Crippen molar-refractivity contribution in [2.45, 2.75) is 45.7 Å². The molecule has 34 heavy (non-hydrogen) atoms. The molecule has 2 amide bonds. The van der Waals surface area contributed by atoms with Crippen LogP contribution in [0.5, 0.6) is 11.5 Å². The number of likely N-dealkylation sites (tertiary alicyclic amines) is 1. The van der Waals surface area contributed by atoms with Crippen molar-refractivity contribution in [3.05, 3.63) is 59.7 Å². The number of ether oxygens (including phenoxy) is 2. The summed E-state index contributed by atoms with van der Waals surface area (Å²) in [5.74, 6) is 1.11. The molecule has 1 heterocycles. The molecule has 1 aliphatic heterocycles. The Morgan fingerprint density at radius 3 is 2.35 bits per heavy atom. The Kier molecular flexibility index (Phi) is 9.33. The summed E-state index contributed by atoms with van der Waals surface area (Å²) >= 11 is 0. The van der Waals surface area contributed by atoms with Crippen LogP contribution in [-0.4, -0.2) is 56.1 Å². The van der Waals surface area contributed by atoms with Gasteiger partial charge in [-0.1, -0.05) is 18.2 Å². The Morgan fingerprint density at radius 1 is 1.06 bits per heavy atom. The molecule has 0 aliphatic carbocycles. The Morgan fingerprint density at radius 2 is 1.74 bits per heavy atom.